The van der Waals surface area contributed by atoms with E-state index in [2.05, 4.69) is 15.9 Å². The van der Waals surface area contributed by atoms with Crippen LogP contribution in [0.1, 0.15) is 22.7 Å². The largest absolute Gasteiger partial charge is 0.496 e. The molecule has 0 spiro atoms. The molecule has 0 saturated heterocycles. The van der Waals surface area contributed by atoms with Crippen molar-refractivity contribution in [2.75, 3.05) is 7.11 Å². The first-order valence-corrected chi connectivity index (χ1v) is 7.05. The van der Waals surface area contributed by atoms with E-state index in [1.165, 1.54) is 0 Å². The monoisotopic (exact) mass is 339 g/mol. The second-order valence-electron chi connectivity index (χ2n) is 4.40. The van der Waals surface area contributed by atoms with Crippen LogP contribution in [0, 0.1) is 6.92 Å². The first-order valence-electron chi connectivity index (χ1n) is 5.88. The van der Waals surface area contributed by atoms with Crippen LogP contribution in [0.2, 0.25) is 5.02 Å². The fraction of sp³-hybridized carbons (Fsp3) is 0.200. The molecule has 0 aliphatic rings. The van der Waals surface area contributed by atoms with Crippen LogP contribution in [0.25, 0.3) is 0 Å². The molecule has 1 unspecified atom stereocenters. The summed E-state index contributed by atoms with van der Waals surface area (Å²) in [6.07, 6.45) is 0. The Kier molecular flexibility index (Phi) is 4.50. The molecule has 0 radical (unpaired) electrons. The van der Waals surface area contributed by atoms with Gasteiger partial charge in [-0.25, -0.2) is 0 Å². The Morgan fingerprint density at radius 1 is 1.21 bits per heavy atom. The highest BCUT2D eigenvalue weighted by Crippen LogP contribution is 2.32. The number of hydrogen-bond acceptors (Lipinski definition) is 2. The quantitative estimate of drug-likeness (QED) is 0.895. The molecular formula is C15H15BrClNO. The summed E-state index contributed by atoms with van der Waals surface area (Å²) in [7, 11) is 1.65. The molecule has 2 N–H and O–H groups in total. The van der Waals surface area contributed by atoms with E-state index in [0.29, 0.717) is 5.02 Å². The third-order valence-electron chi connectivity index (χ3n) is 3.02. The number of aryl methyl sites for hydroxylation is 1. The van der Waals surface area contributed by atoms with Crippen LogP contribution in [0.5, 0.6) is 5.75 Å². The minimum atomic E-state index is -0.247. The molecule has 0 aromatic heterocycles. The normalized spacial score (nSPS) is 12.3. The van der Waals surface area contributed by atoms with Gasteiger partial charge >= 0.3 is 0 Å². The van der Waals surface area contributed by atoms with Gasteiger partial charge < -0.3 is 10.5 Å². The third-order valence-corrected chi connectivity index (χ3v) is 4.24. The predicted octanol–water partition coefficient (Wildman–Crippen LogP) is 4.47. The maximum atomic E-state index is 6.34. The second kappa shape index (κ2) is 5.95. The highest BCUT2D eigenvalue weighted by atomic mass is 79.9. The van der Waals surface area contributed by atoms with Crippen LogP contribution in [-0.4, -0.2) is 7.11 Å². The lowest BCUT2D eigenvalue weighted by Crippen LogP contribution is -2.13. The number of ether oxygens (including phenoxy) is 1. The first-order chi connectivity index (χ1) is 9.02. The summed E-state index contributed by atoms with van der Waals surface area (Å²) in [6, 6.07) is 11.5. The van der Waals surface area contributed by atoms with Gasteiger partial charge in [0.25, 0.3) is 0 Å². The van der Waals surface area contributed by atoms with Crippen molar-refractivity contribution in [1.29, 1.82) is 0 Å². The van der Waals surface area contributed by atoms with Crippen molar-refractivity contribution >= 4 is 27.5 Å². The molecule has 2 aromatic rings. The van der Waals surface area contributed by atoms with E-state index in [4.69, 9.17) is 22.1 Å². The summed E-state index contributed by atoms with van der Waals surface area (Å²) in [5.41, 5.74) is 9.44. The number of methoxy groups -OCH3 is 1. The highest BCUT2D eigenvalue weighted by Gasteiger charge is 2.15. The Morgan fingerprint density at radius 3 is 2.58 bits per heavy atom. The average molecular weight is 341 g/mol. The Morgan fingerprint density at radius 2 is 1.95 bits per heavy atom. The van der Waals surface area contributed by atoms with Crippen LogP contribution >= 0.6 is 27.5 Å². The van der Waals surface area contributed by atoms with E-state index in [1.807, 2.05) is 43.3 Å². The van der Waals surface area contributed by atoms with Crippen molar-refractivity contribution in [3.63, 3.8) is 0 Å². The van der Waals surface area contributed by atoms with Crippen molar-refractivity contribution in [2.24, 2.45) is 5.73 Å². The highest BCUT2D eigenvalue weighted by molar-refractivity contribution is 9.10. The van der Waals surface area contributed by atoms with Crippen LogP contribution in [-0.2, 0) is 0 Å². The van der Waals surface area contributed by atoms with Crippen LogP contribution in [0.15, 0.2) is 40.9 Å². The molecule has 0 fully saturated rings. The Balaban J connectivity index is 2.45. The molecule has 0 amide bonds. The Labute approximate surface area is 126 Å². The van der Waals surface area contributed by atoms with Gasteiger partial charge in [0.15, 0.2) is 0 Å². The number of nitrogens with two attached hydrogens (primary N) is 1. The minimum Gasteiger partial charge on any atom is -0.496 e. The maximum absolute atomic E-state index is 6.34. The first kappa shape index (κ1) is 14.4. The summed E-state index contributed by atoms with van der Waals surface area (Å²) in [5, 5.41) is 0.673. The standard InChI is InChI=1S/C15H15BrClNO/c1-9-3-6-14(19-2)11(7-9)15(18)10-4-5-13(17)12(16)8-10/h3-8,15H,18H2,1-2H3. The van der Waals surface area contributed by atoms with Crippen LogP contribution < -0.4 is 10.5 Å². The summed E-state index contributed by atoms with van der Waals surface area (Å²) >= 11 is 9.42. The lowest BCUT2D eigenvalue weighted by molar-refractivity contribution is 0.407. The van der Waals surface area contributed by atoms with Crippen molar-refractivity contribution in [2.45, 2.75) is 13.0 Å². The van der Waals surface area contributed by atoms with E-state index in [0.717, 1.165) is 26.9 Å². The molecule has 19 heavy (non-hydrogen) atoms. The summed E-state index contributed by atoms with van der Waals surface area (Å²) < 4.78 is 6.22. The van der Waals surface area contributed by atoms with Gasteiger partial charge in [-0.2, -0.15) is 0 Å². The van der Waals surface area contributed by atoms with Gasteiger partial charge in [-0.05, 0) is 46.6 Å². The molecule has 2 nitrogen and oxygen atoms in total. The molecule has 4 heteroatoms. The van der Waals surface area contributed by atoms with E-state index in [9.17, 15) is 0 Å². The van der Waals surface area contributed by atoms with Crippen LogP contribution in [0.4, 0.5) is 0 Å². The molecular weight excluding hydrogens is 326 g/mol. The van der Waals surface area contributed by atoms with Gasteiger partial charge in [-0.3, -0.25) is 0 Å². The zero-order valence-electron chi connectivity index (χ0n) is 10.8. The van der Waals surface area contributed by atoms with E-state index >= 15 is 0 Å². The lowest BCUT2D eigenvalue weighted by Gasteiger charge is -2.17. The number of halogens is 2. The molecule has 0 saturated carbocycles. The summed E-state index contributed by atoms with van der Waals surface area (Å²) in [4.78, 5) is 0. The molecule has 0 aliphatic carbocycles. The lowest BCUT2D eigenvalue weighted by atomic mass is 9.97. The predicted molar refractivity (Wildman–Crippen MR) is 82.9 cm³/mol. The third kappa shape index (κ3) is 3.11. The second-order valence-corrected chi connectivity index (χ2v) is 5.66. The topological polar surface area (TPSA) is 35.2 Å². The van der Waals surface area contributed by atoms with E-state index < -0.39 is 0 Å². The summed E-state index contributed by atoms with van der Waals surface area (Å²) in [5.74, 6) is 0.796. The minimum absolute atomic E-state index is 0.247. The molecule has 1 atom stereocenters. The fourth-order valence-electron chi connectivity index (χ4n) is 1.98. The Hall–Kier alpha value is -1.03. The van der Waals surface area contributed by atoms with Crippen molar-refractivity contribution in [3.05, 3.63) is 62.6 Å². The van der Waals surface area contributed by atoms with Gasteiger partial charge in [0, 0.05) is 10.0 Å². The molecule has 100 valence electrons. The number of hydrogen-bond donors (Lipinski definition) is 1. The van der Waals surface area contributed by atoms with E-state index in [-0.39, 0.29) is 6.04 Å². The number of benzene rings is 2. The summed E-state index contributed by atoms with van der Waals surface area (Å²) in [6.45, 7) is 2.04. The smallest absolute Gasteiger partial charge is 0.123 e. The number of rotatable bonds is 3. The van der Waals surface area contributed by atoms with Crippen LogP contribution in [0.3, 0.4) is 0 Å². The fourth-order valence-corrected chi connectivity index (χ4v) is 2.50. The van der Waals surface area contributed by atoms with Crippen molar-refractivity contribution in [1.82, 2.24) is 0 Å². The zero-order valence-corrected chi connectivity index (χ0v) is 13.1. The van der Waals surface area contributed by atoms with Crippen molar-refractivity contribution in [3.8, 4) is 5.75 Å². The Bertz CT molecular complexity index is 601. The molecule has 2 aromatic carbocycles. The molecule has 2 rings (SSSR count). The van der Waals surface area contributed by atoms with Gasteiger partial charge in [-0.1, -0.05) is 35.4 Å². The molecule has 0 heterocycles. The van der Waals surface area contributed by atoms with Crippen molar-refractivity contribution < 1.29 is 4.74 Å². The average Bonchev–Trinajstić information content (AvgIpc) is 2.41. The molecule has 0 bridgehead atoms. The van der Waals surface area contributed by atoms with Gasteiger partial charge in [-0.15, -0.1) is 0 Å². The molecule has 0 aliphatic heterocycles. The van der Waals surface area contributed by atoms with Gasteiger partial charge in [0.05, 0.1) is 18.2 Å². The zero-order chi connectivity index (χ0) is 14.0. The van der Waals surface area contributed by atoms with Gasteiger partial charge in [0.2, 0.25) is 0 Å². The van der Waals surface area contributed by atoms with Gasteiger partial charge in [0.1, 0.15) is 5.75 Å². The SMILES string of the molecule is COc1ccc(C)cc1C(N)c1ccc(Cl)c(Br)c1. The maximum Gasteiger partial charge on any atom is 0.123 e. The van der Waals surface area contributed by atoms with E-state index in [1.54, 1.807) is 7.11 Å².